The minimum atomic E-state index is -2.99. The second-order valence-electron chi connectivity index (χ2n) is 3.45. The third kappa shape index (κ3) is 4.59. The molecule has 0 amide bonds. The minimum Gasteiger partial charge on any atom is -0.271 e. The first kappa shape index (κ1) is 12.9. The third-order valence-corrected chi connectivity index (χ3v) is 4.00. The molecule has 0 rings (SSSR count). The topological polar surface area (TPSA) is 72.2 Å². The molecule has 0 bridgehead atoms. The van der Waals surface area contributed by atoms with Gasteiger partial charge in [0.2, 0.25) is 0 Å². The van der Waals surface area contributed by atoms with Crippen molar-refractivity contribution in [2.24, 2.45) is 5.84 Å². The van der Waals surface area contributed by atoms with Gasteiger partial charge in [0.25, 0.3) is 0 Å². The Kier molecular flexibility index (Phi) is 5.51. The van der Waals surface area contributed by atoms with Crippen LogP contribution in [-0.4, -0.2) is 26.0 Å². The quantitative estimate of drug-likeness (QED) is 0.491. The van der Waals surface area contributed by atoms with E-state index in [0.717, 1.165) is 19.3 Å². The fraction of sp³-hybridized carbons (Fsp3) is 1.00. The van der Waals surface area contributed by atoms with Gasteiger partial charge in [-0.15, -0.1) is 0 Å². The van der Waals surface area contributed by atoms with E-state index in [1.165, 1.54) is 6.26 Å². The van der Waals surface area contributed by atoms with Crippen molar-refractivity contribution in [1.29, 1.82) is 0 Å². The number of nitrogens with one attached hydrogen (secondary N) is 1. The monoisotopic (exact) mass is 208 g/mol. The molecular formula is C8H20N2O2S. The van der Waals surface area contributed by atoms with Gasteiger partial charge >= 0.3 is 0 Å². The second-order valence-corrected chi connectivity index (χ2v) is 5.85. The van der Waals surface area contributed by atoms with Crippen molar-refractivity contribution in [3.63, 3.8) is 0 Å². The van der Waals surface area contributed by atoms with E-state index in [-0.39, 0.29) is 6.04 Å². The van der Waals surface area contributed by atoms with Crippen LogP contribution in [0.2, 0.25) is 0 Å². The average molecular weight is 208 g/mol. The van der Waals surface area contributed by atoms with Crippen molar-refractivity contribution in [1.82, 2.24) is 5.43 Å². The van der Waals surface area contributed by atoms with Crippen LogP contribution in [0.15, 0.2) is 0 Å². The second kappa shape index (κ2) is 5.57. The fourth-order valence-electron chi connectivity index (χ4n) is 1.18. The van der Waals surface area contributed by atoms with Gasteiger partial charge < -0.3 is 0 Å². The highest BCUT2D eigenvalue weighted by atomic mass is 32.2. The van der Waals surface area contributed by atoms with Crippen molar-refractivity contribution >= 4 is 9.84 Å². The summed E-state index contributed by atoms with van der Waals surface area (Å²) >= 11 is 0. The molecule has 2 atom stereocenters. The van der Waals surface area contributed by atoms with Crippen LogP contribution in [0.1, 0.15) is 33.1 Å². The van der Waals surface area contributed by atoms with E-state index in [0.29, 0.717) is 0 Å². The summed E-state index contributed by atoms with van der Waals surface area (Å²) in [5, 5.41) is -0.413. The van der Waals surface area contributed by atoms with E-state index in [1.54, 1.807) is 6.92 Å². The summed E-state index contributed by atoms with van der Waals surface area (Å²) in [4.78, 5) is 0. The van der Waals surface area contributed by atoms with E-state index in [4.69, 9.17) is 5.84 Å². The predicted octanol–water partition coefficient (Wildman–Crippen LogP) is 0.442. The zero-order valence-corrected chi connectivity index (χ0v) is 9.39. The Morgan fingerprint density at radius 2 is 2.00 bits per heavy atom. The van der Waals surface area contributed by atoms with Crippen LogP contribution in [0.25, 0.3) is 0 Å². The normalized spacial score (nSPS) is 16.9. The molecule has 4 nitrogen and oxygen atoms in total. The van der Waals surface area contributed by atoms with E-state index in [2.05, 4.69) is 12.3 Å². The Balaban J connectivity index is 4.24. The molecule has 3 N–H and O–H groups in total. The average Bonchev–Trinajstić information content (AvgIpc) is 2.04. The van der Waals surface area contributed by atoms with Crippen molar-refractivity contribution < 1.29 is 8.42 Å². The van der Waals surface area contributed by atoms with E-state index < -0.39 is 15.1 Å². The van der Waals surface area contributed by atoms with Gasteiger partial charge in [0.15, 0.2) is 9.84 Å². The molecule has 0 fully saturated rings. The lowest BCUT2D eigenvalue weighted by Gasteiger charge is -2.21. The number of nitrogens with two attached hydrogens (primary N) is 1. The predicted molar refractivity (Wildman–Crippen MR) is 54.9 cm³/mol. The molecule has 0 radical (unpaired) electrons. The largest absolute Gasteiger partial charge is 0.271 e. The van der Waals surface area contributed by atoms with Gasteiger partial charge in [-0.1, -0.05) is 19.8 Å². The summed E-state index contributed by atoms with van der Waals surface area (Å²) in [7, 11) is -2.99. The summed E-state index contributed by atoms with van der Waals surface area (Å²) < 4.78 is 22.4. The first-order valence-electron chi connectivity index (χ1n) is 4.58. The van der Waals surface area contributed by atoms with Crippen LogP contribution in [0, 0.1) is 0 Å². The molecule has 80 valence electrons. The number of unbranched alkanes of at least 4 members (excludes halogenated alkanes) is 1. The van der Waals surface area contributed by atoms with Crippen molar-refractivity contribution in [2.75, 3.05) is 6.26 Å². The Bertz CT molecular complexity index is 226. The van der Waals surface area contributed by atoms with Gasteiger partial charge in [-0.05, 0) is 13.3 Å². The molecule has 0 aromatic heterocycles. The molecule has 0 spiro atoms. The zero-order valence-electron chi connectivity index (χ0n) is 8.58. The lowest BCUT2D eigenvalue weighted by molar-refractivity contribution is 0.456. The van der Waals surface area contributed by atoms with Crippen LogP contribution in [-0.2, 0) is 9.84 Å². The number of hydrazine groups is 1. The van der Waals surface area contributed by atoms with Crippen molar-refractivity contribution in [3.8, 4) is 0 Å². The molecule has 0 aliphatic carbocycles. The van der Waals surface area contributed by atoms with E-state index in [1.807, 2.05) is 0 Å². The lowest BCUT2D eigenvalue weighted by Crippen LogP contribution is -2.45. The summed E-state index contributed by atoms with van der Waals surface area (Å²) in [6.45, 7) is 3.76. The molecule has 0 aliphatic heterocycles. The molecule has 0 saturated carbocycles. The lowest BCUT2D eigenvalue weighted by atomic mass is 10.1. The van der Waals surface area contributed by atoms with E-state index in [9.17, 15) is 8.42 Å². The summed E-state index contributed by atoms with van der Waals surface area (Å²) in [5.74, 6) is 5.30. The molecule has 13 heavy (non-hydrogen) atoms. The SMILES string of the molecule is CCCCC(NN)C(C)S(C)(=O)=O. The van der Waals surface area contributed by atoms with Gasteiger partial charge in [-0.2, -0.15) is 0 Å². The molecule has 0 aromatic rings. The molecule has 0 aliphatic rings. The summed E-state index contributed by atoms with van der Waals surface area (Å²) in [5.41, 5.74) is 2.56. The number of sulfone groups is 1. The van der Waals surface area contributed by atoms with Gasteiger partial charge in [0.1, 0.15) is 0 Å². The number of hydrogen-bond donors (Lipinski definition) is 2. The minimum absolute atomic E-state index is 0.130. The molecule has 5 heteroatoms. The van der Waals surface area contributed by atoms with E-state index >= 15 is 0 Å². The Morgan fingerprint density at radius 1 is 1.46 bits per heavy atom. The van der Waals surface area contributed by atoms with Crippen LogP contribution in [0.3, 0.4) is 0 Å². The van der Waals surface area contributed by atoms with Crippen molar-refractivity contribution in [3.05, 3.63) is 0 Å². The first-order chi connectivity index (χ1) is 5.93. The van der Waals surface area contributed by atoms with Crippen LogP contribution >= 0.6 is 0 Å². The van der Waals surface area contributed by atoms with Gasteiger partial charge in [0, 0.05) is 12.3 Å². The van der Waals surface area contributed by atoms with Gasteiger partial charge in [0.05, 0.1) is 5.25 Å². The smallest absolute Gasteiger partial charge is 0.151 e. The highest BCUT2D eigenvalue weighted by Crippen LogP contribution is 2.10. The zero-order chi connectivity index (χ0) is 10.5. The Labute approximate surface area is 80.8 Å². The highest BCUT2D eigenvalue weighted by Gasteiger charge is 2.24. The van der Waals surface area contributed by atoms with Crippen LogP contribution < -0.4 is 11.3 Å². The Hall–Kier alpha value is -0.130. The molecule has 0 saturated heterocycles. The summed E-state index contributed by atoms with van der Waals surface area (Å²) in [6, 6.07) is -0.130. The molecule has 0 aromatic carbocycles. The van der Waals surface area contributed by atoms with Gasteiger partial charge in [-0.3, -0.25) is 11.3 Å². The third-order valence-electron chi connectivity index (χ3n) is 2.32. The van der Waals surface area contributed by atoms with Crippen LogP contribution in [0.4, 0.5) is 0 Å². The van der Waals surface area contributed by atoms with Crippen LogP contribution in [0.5, 0.6) is 0 Å². The number of hydrogen-bond acceptors (Lipinski definition) is 4. The van der Waals surface area contributed by atoms with Gasteiger partial charge in [-0.25, -0.2) is 8.42 Å². The standard InChI is InChI=1S/C8H20N2O2S/c1-4-5-6-8(10-9)7(2)13(3,11)12/h7-8,10H,4-6,9H2,1-3H3. The number of rotatable bonds is 6. The summed E-state index contributed by atoms with van der Waals surface area (Å²) in [6.07, 6.45) is 4.10. The molecular weight excluding hydrogens is 188 g/mol. The fourth-order valence-corrected chi connectivity index (χ4v) is 1.99. The highest BCUT2D eigenvalue weighted by molar-refractivity contribution is 7.91. The maximum Gasteiger partial charge on any atom is 0.151 e. The maximum absolute atomic E-state index is 11.2. The Morgan fingerprint density at radius 3 is 2.31 bits per heavy atom. The molecule has 2 unspecified atom stereocenters. The van der Waals surface area contributed by atoms with Crippen molar-refractivity contribution in [2.45, 2.75) is 44.4 Å². The first-order valence-corrected chi connectivity index (χ1v) is 6.54. The maximum atomic E-state index is 11.2. The molecule has 0 heterocycles.